The highest BCUT2D eigenvalue weighted by Gasteiger charge is 2.44. The zero-order valence-corrected chi connectivity index (χ0v) is 19.3. The molecule has 0 aromatic carbocycles. The van der Waals surface area contributed by atoms with E-state index in [0.29, 0.717) is 41.4 Å². The van der Waals surface area contributed by atoms with E-state index in [1.165, 1.54) is 10.7 Å². The third-order valence-electron chi connectivity index (χ3n) is 7.10. The van der Waals surface area contributed by atoms with Crippen LogP contribution in [0, 0.1) is 0 Å². The first-order chi connectivity index (χ1) is 16.3. The van der Waals surface area contributed by atoms with Crippen molar-refractivity contribution in [3.63, 3.8) is 0 Å². The molecule has 3 heterocycles. The van der Waals surface area contributed by atoms with Gasteiger partial charge in [-0.2, -0.15) is 9.61 Å². The normalized spacial score (nSPS) is 25.9. The van der Waals surface area contributed by atoms with Crippen molar-refractivity contribution >= 4 is 28.9 Å². The minimum absolute atomic E-state index is 0.0942. The summed E-state index contributed by atoms with van der Waals surface area (Å²) in [5, 5.41) is 13.4. The number of methoxy groups -OCH3 is 1. The van der Waals surface area contributed by atoms with Crippen LogP contribution in [0.25, 0.3) is 5.65 Å². The molecule has 10 nitrogen and oxygen atoms in total. The maximum Gasteiger partial charge on any atom is 0.274 e. The van der Waals surface area contributed by atoms with Crippen LogP contribution in [-0.2, 0) is 4.74 Å². The number of ether oxygens (including phenoxy) is 1. The summed E-state index contributed by atoms with van der Waals surface area (Å²) < 4.78 is 21.9. The van der Waals surface area contributed by atoms with E-state index < -0.39 is 6.17 Å². The van der Waals surface area contributed by atoms with Crippen molar-refractivity contribution in [1.82, 2.24) is 24.5 Å². The molecule has 0 bridgehead atoms. The van der Waals surface area contributed by atoms with Gasteiger partial charge in [0.25, 0.3) is 11.5 Å². The predicted octanol–water partition coefficient (Wildman–Crippen LogP) is 2.65. The average molecular weight is 470 g/mol. The third-order valence-corrected chi connectivity index (χ3v) is 7.10. The van der Waals surface area contributed by atoms with Crippen molar-refractivity contribution in [3.05, 3.63) is 46.5 Å². The molecule has 1 amide bonds. The van der Waals surface area contributed by atoms with Gasteiger partial charge < -0.3 is 25.3 Å². The summed E-state index contributed by atoms with van der Waals surface area (Å²) in [6.07, 6.45) is 4.69. The Kier molecular flexibility index (Phi) is 5.51. The lowest BCUT2D eigenvalue weighted by Gasteiger charge is -2.45. The number of hydrogen-bond donors (Lipinski definition) is 3. The van der Waals surface area contributed by atoms with E-state index >= 15 is 0 Å². The Labute approximate surface area is 195 Å². The van der Waals surface area contributed by atoms with E-state index in [1.807, 2.05) is 6.92 Å². The number of amides is 1. The lowest BCUT2D eigenvalue weighted by Crippen LogP contribution is -2.59. The number of carbonyl (C=O) groups is 1. The lowest BCUT2D eigenvalue weighted by molar-refractivity contribution is -0.0828. The second kappa shape index (κ2) is 8.39. The number of aromatic nitrogens is 4. The van der Waals surface area contributed by atoms with Gasteiger partial charge in [-0.15, -0.1) is 0 Å². The predicted molar refractivity (Wildman–Crippen MR) is 126 cm³/mol. The SMILES string of the molecule is CNc1cc(Nc2cccn(C3CC(F)C3)c2=O)nc2c(C(=O)N[C@H]3CC[C@]3(C)OC)cnn12. The van der Waals surface area contributed by atoms with Gasteiger partial charge in [-0.05, 0) is 44.7 Å². The molecular weight excluding hydrogens is 441 g/mol. The van der Waals surface area contributed by atoms with Crippen molar-refractivity contribution < 1.29 is 13.9 Å². The van der Waals surface area contributed by atoms with E-state index in [9.17, 15) is 14.0 Å². The van der Waals surface area contributed by atoms with Crippen LogP contribution in [0.4, 0.5) is 21.7 Å². The molecule has 0 radical (unpaired) electrons. The van der Waals surface area contributed by atoms with Gasteiger partial charge in [0.15, 0.2) is 5.65 Å². The molecule has 0 spiro atoms. The fraction of sp³-hybridized carbons (Fsp3) is 0.478. The number of nitrogens with zero attached hydrogens (tertiary/aromatic N) is 4. The number of pyridine rings is 1. The Balaban J connectivity index is 1.45. The van der Waals surface area contributed by atoms with E-state index in [0.717, 1.165) is 12.8 Å². The molecule has 2 aliphatic rings. The summed E-state index contributed by atoms with van der Waals surface area (Å²) in [4.78, 5) is 30.6. The summed E-state index contributed by atoms with van der Waals surface area (Å²) in [6, 6.07) is 4.87. The van der Waals surface area contributed by atoms with E-state index in [4.69, 9.17) is 4.74 Å². The smallest absolute Gasteiger partial charge is 0.274 e. The molecule has 0 unspecified atom stereocenters. The van der Waals surface area contributed by atoms with Gasteiger partial charge in [0.1, 0.15) is 29.1 Å². The van der Waals surface area contributed by atoms with Crippen molar-refractivity contribution in [2.45, 2.75) is 56.5 Å². The molecule has 3 aromatic rings. The Bertz CT molecular complexity index is 1300. The maximum absolute atomic E-state index is 13.3. The van der Waals surface area contributed by atoms with Crippen LogP contribution in [0.5, 0.6) is 0 Å². The Morgan fingerprint density at radius 1 is 1.35 bits per heavy atom. The second-order valence-corrected chi connectivity index (χ2v) is 9.13. The monoisotopic (exact) mass is 469 g/mol. The molecule has 5 rings (SSSR count). The fourth-order valence-corrected chi connectivity index (χ4v) is 4.54. The molecule has 2 fully saturated rings. The number of halogens is 1. The first-order valence-corrected chi connectivity index (χ1v) is 11.4. The van der Waals surface area contributed by atoms with Crippen molar-refractivity contribution in [2.75, 3.05) is 24.8 Å². The Morgan fingerprint density at radius 2 is 2.15 bits per heavy atom. The van der Waals surface area contributed by atoms with Gasteiger partial charge in [0.05, 0.1) is 17.8 Å². The van der Waals surface area contributed by atoms with Crippen LogP contribution in [0.1, 0.15) is 49.0 Å². The summed E-state index contributed by atoms with van der Waals surface area (Å²) in [7, 11) is 3.38. The van der Waals surface area contributed by atoms with Crippen LogP contribution >= 0.6 is 0 Å². The molecule has 0 aliphatic heterocycles. The zero-order chi connectivity index (χ0) is 24.0. The van der Waals surface area contributed by atoms with Crippen molar-refractivity contribution in [1.29, 1.82) is 0 Å². The van der Waals surface area contributed by atoms with Crippen molar-refractivity contribution in [2.24, 2.45) is 0 Å². The molecular formula is C23H28FN7O3. The molecule has 0 saturated heterocycles. The standard InChI is InChI=1S/C23H28FN7O3/c1-23(34-3)7-6-17(23)28-21(32)15-12-26-31-19(25-2)11-18(29-20(15)31)27-16-5-4-8-30(22(16)33)14-9-13(24)10-14/h4-5,8,11-14,17,25H,6-7,9-10H2,1-3H3,(H,27,29)(H,28,32)/t13?,14?,17-,23-/m0/s1. The lowest BCUT2D eigenvalue weighted by atomic mass is 9.76. The second-order valence-electron chi connectivity index (χ2n) is 9.13. The average Bonchev–Trinajstić information content (AvgIpc) is 3.24. The minimum atomic E-state index is -0.857. The van der Waals surface area contributed by atoms with E-state index in [-0.39, 0.29) is 29.2 Å². The number of nitrogens with one attached hydrogen (secondary N) is 3. The van der Waals surface area contributed by atoms with Crippen LogP contribution < -0.4 is 21.5 Å². The topological polar surface area (TPSA) is 115 Å². The maximum atomic E-state index is 13.3. The van der Waals surface area contributed by atoms with E-state index in [1.54, 1.807) is 43.1 Å². The van der Waals surface area contributed by atoms with Crippen molar-refractivity contribution in [3.8, 4) is 0 Å². The Morgan fingerprint density at radius 3 is 2.79 bits per heavy atom. The van der Waals surface area contributed by atoms with Gasteiger partial charge in [-0.3, -0.25) is 9.59 Å². The quantitative estimate of drug-likeness (QED) is 0.487. The number of anilines is 3. The molecule has 3 aromatic heterocycles. The van der Waals surface area contributed by atoms with Gasteiger partial charge in [0, 0.05) is 32.5 Å². The number of carbonyl (C=O) groups excluding carboxylic acids is 1. The largest absolute Gasteiger partial charge is 0.376 e. The van der Waals surface area contributed by atoms with Gasteiger partial charge >= 0.3 is 0 Å². The summed E-state index contributed by atoms with van der Waals surface area (Å²) in [5.41, 5.74) is 0.354. The number of alkyl halides is 1. The van der Waals surface area contributed by atoms with Crippen LogP contribution in [0.3, 0.4) is 0 Å². The number of rotatable bonds is 7. The number of hydrogen-bond acceptors (Lipinski definition) is 7. The molecule has 2 aliphatic carbocycles. The molecule has 11 heteroatoms. The molecule has 2 saturated carbocycles. The molecule has 2 atom stereocenters. The highest BCUT2D eigenvalue weighted by atomic mass is 19.1. The van der Waals surface area contributed by atoms with Crippen LogP contribution in [0.2, 0.25) is 0 Å². The first kappa shape index (κ1) is 22.3. The summed E-state index contributed by atoms with van der Waals surface area (Å²) >= 11 is 0. The number of fused-ring (bicyclic) bond motifs is 1. The van der Waals surface area contributed by atoms with Crippen LogP contribution in [0.15, 0.2) is 35.4 Å². The zero-order valence-electron chi connectivity index (χ0n) is 19.3. The molecule has 3 N–H and O–H groups in total. The summed E-state index contributed by atoms with van der Waals surface area (Å²) in [6.45, 7) is 1.97. The molecule has 34 heavy (non-hydrogen) atoms. The van der Waals surface area contributed by atoms with Gasteiger partial charge in [-0.1, -0.05) is 0 Å². The van der Waals surface area contributed by atoms with Crippen LogP contribution in [-0.4, -0.2) is 57.0 Å². The molecule has 180 valence electrons. The minimum Gasteiger partial charge on any atom is -0.376 e. The fourth-order valence-electron chi connectivity index (χ4n) is 4.54. The third kappa shape index (κ3) is 3.69. The van der Waals surface area contributed by atoms with E-state index in [2.05, 4.69) is 26.0 Å². The van der Waals surface area contributed by atoms with Gasteiger partial charge in [0.2, 0.25) is 0 Å². The van der Waals surface area contributed by atoms with Gasteiger partial charge in [-0.25, -0.2) is 9.37 Å². The summed E-state index contributed by atoms with van der Waals surface area (Å²) in [5.74, 6) is 0.679. The Hall–Kier alpha value is -3.47. The highest BCUT2D eigenvalue weighted by Crippen LogP contribution is 2.35. The highest BCUT2D eigenvalue weighted by molar-refractivity contribution is 6.00. The first-order valence-electron chi connectivity index (χ1n) is 11.4.